The quantitative estimate of drug-likeness (QED) is 0.772. The van der Waals surface area contributed by atoms with E-state index < -0.39 is 0 Å². The third-order valence-corrected chi connectivity index (χ3v) is 2.29. The molecule has 14 heavy (non-hydrogen) atoms. The first kappa shape index (κ1) is 9.38. The molecule has 0 aliphatic heterocycles. The molecule has 1 fully saturated rings. The lowest BCUT2D eigenvalue weighted by molar-refractivity contribution is 0.319. The Hall–Kier alpha value is -1.18. The molecule has 1 aliphatic rings. The summed E-state index contributed by atoms with van der Waals surface area (Å²) in [4.78, 5) is 0. The Balaban J connectivity index is 2.02. The van der Waals surface area contributed by atoms with E-state index in [0.717, 1.165) is 24.5 Å². The second kappa shape index (κ2) is 4.36. The van der Waals surface area contributed by atoms with Gasteiger partial charge in [0.25, 0.3) is 0 Å². The van der Waals surface area contributed by atoms with Crippen molar-refractivity contribution in [3.8, 4) is 5.75 Å². The van der Waals surface area contributed by atoms with Crippen molar-refractivity contribution in [3.63, 3.8) is 0 Å². The van der Waals surface area contributed by atoms with Crippen molar-refractivity contribution in [2.45, 2.75) is 32.2 Å². The summed E-state index contributed by atoms with van der Waals surface area (Å²) in [6, 6.07) is 8.86. The van der Waals surface area contributed by atoms with Crippen LogP contribution in [0.3, 0.4) is 0 Å². The molecule has 2 nitrogen and oxygen atoms in total. The first-order valence-corrected chi connectivity index (χ1v) is 5.38. The monoisotopic (exact) mass is 191 g/mol. The first-order valence-electron chi connectivity index (χ1n) is 5.38. The van der Waals surface area contributed by atoms with Crippen molar-refractivity contribution < 1.29 is 4.74 Å². The van der Waals surface area contributed by atoms with Crippen LogP contribution in [0.4, 0.5) is 5.69 Å². The minimum atomic E-state index is 0.682. The molecule has 76 valence electrons. The summed E-state index contributed by atoms with van der Waals surface area (Å²) < 4.78 is 5.65. The predicted molar refractivity (Wildman–Crippen MR) is 58.9 cm³/mol. The Labute approximate surface area is 85.3 Å². The highest BCUT2D eigenvalue weighted by Crippen LogP contribution is 2.30. The van der Waals surface area contributed by atoms with E-state index in [2.05, 4.69) is 18.3 Å². The zero-order valence-corrected chi connectivity index (χ0v) is 8.62. The summed E-state index contributed by atoms with van der Waals surface area (Å²) in [5.74, 6) is 0.987. The molecule has 0 heterocycles. The fourth-order valence-corrected chi connectivity index (χ4v) is 1.37. The maximum absolute atomic E-state index is 5.65. The van der Waals surface area contributed by atoms with Gasteiger partial charge in [-0.25, -0.2) is 0 Å². The normalized spacial score (nSPS) is 15.2. The first-order chi connectivity index (χ1) is 6.90. The lowest BCUT2D eigenvalue weighted by Crippen LogP contribution is -2.04. The summed E-state index contributed by atoms with van der Waals surface area (Å²) >= 11 is 0. The van der Waals surface area contributed by atoms with Crippen LogP contribution in [-0.4, -0.2) is 12.6 Å². The van der Waals surface area contributed by atoms with E-state index in [1.54, 1.807) is 0 Å². The van der Waals surface area contributed by atoms with Crippen LogP contribution in [0.15, 0.2) is 24.3 Å². The van der Waals surface area contributed by atoms with Crippen LogP contribution in [0.25, 0.3) is 0 Å². The van der Waals surface area contributed by atoms with E-state index in [1.165, 1.54) is 12.8 Å². The van der Waals surface area contributed by atoms with Gasteiger partial charge < -0.3 is 10.1 Å². The summed E-state index contributed by atoms with van der Waals surface area (Å²) in [5.41, 5.74) is 1.14. The van der Waals surface area contributed by atoms with Crippen molar-refractivity contribution in [2.24, 2.45) is 0 Å². The van der Waals surface area contributed by atoms with Crippen molar-refractivity contribution in [3.05, 3.63) is 24.3 Å². The molecular weight excluding hydrogens is 174 g/mol. The van der Waals surface area contributed by atoms with Crippen molar-refractivity contribution >= 4 is 5.69 Å². The Morgan fingerprint density at radius 2 is 2.14 bits per heavy atom. The Kier molecular flexibility index (Phi) is 2.92. The third kappa shape index (κ3) is 2.41. The lowest BCUT2D eigenvalue weighted by atomic mass is 10.3. The molecule has 0 aromatic heterocycles. The molecule has 0 amide bonds. The van der Waals surface area contributed by atoms with Gasteiger partial charge in [0.15, 0.2) is 0 Å². The highest BCUT2D eigenvalue weighted by atomic mass is 16.5. The summed E-state index contributed by atoms with van der Waals surface area (Å²) in [5, 5.41) is 3.47. The number of hydrogen-bond acceptors (Lipinski definition) is 2. The average Bonchev–Trinajstić information content (AvgIpc) is 3.01. The summed E-state index contributed by atoms with van der Waals surface area (Å²) in [7, 11) is 0. The van der Waals surface area contributed by atoms with Crippen LogP contribution in [0, 0.1) is 0 Å². The van der Waals surface area contributed by atoms with Gasteiger partial charge in [0.05, 0.1) is 12.3 Å². The van der Waals surface area contributed by atoms with Crippen LogP contribution in [0.5, 0.6) is 5.75 Å². The molecule has 0 atom stereocenters. The molecule has 2 heteroatoms. The van der Waals surface area contributed by atoms with Crippen LogP contribution in [0.2, 0.25) is 0 Å². The van der Waals surface area contributed by atoms with E-state index >= 15 is 0 Å². The van der Waals surface area contributed by atoms with Gasteiger partial charge in [-0.15, -0.1) is 0 Å². The number of anilines is 1. The molecule has 1 aromatic carbocycles. The molecule has 1 aliphatic carbocycles. The number of rotatable bonds is 5. The minimum Gasteiger partial charge on any atom is -0.491 e. The highest BCUT2D eigenvalue weighted by molar-refractivity contribution is 5.57. The fourth-order valence-electron chi connectivity index (χ4n) is 1.37. The number of ether oxygens (including phenoxy) is 1. The number of nitrogens with one attached hydrogen (secondary N) is 1. The summed E-state index contributed by atoms with van der Waals surface area (Å²) in [6.07, 6.45) is 3.64. The SMILES string of the molecule is CCCOc1ccccc1NC1CC1. The van der Waals surface area contributed by atoms with Crippen LogP contribution < -0.4 is 10.1 Å². The maximum atomic E-state index is 5.65. The molecule has 0 bridgehead atoms. The zero-order chi connectivity index (χ0) is 9.80. The van der Waals surface area contributed by atoms with Gasteiger partial charge >= 0.3 is 0 Å². The zero-order valence-electron chi connectivity index (χ0n) is 8.62. The van der Waals surface area contributed by atoms with Crippen molar-refractivity contribution in [1.29, 1.82) is 0 Å². The molecule has 2 rings (SSSR count). The van der Waals surface area contributed by atoms with Gasteiger partial charge in [-0.3, -0.25) is 0 Å². The molecule has 1 saturated carbocycles. The molecular formula is C12H17NO. The molecule has 1 aromatic rings. The van der Waals surface area contributed by atoms with E-state index in [9.17, 15) is 0 Å². The summed E-state index contributed by atoms with van der Waals surface area (Å²) in [6.45, 7) is 2.92. The van der Waals surface area contributed by atoms with E-state index in [-0.39, 0.29) is 0 Å². The standard InChI is InChI=1S/C12H17NO/c1-2-9-14-12-6-4-3-5-11(12)13-10-7-8-10/h3-6,10,13H,2,7-9H2,1H3. The Morgan fingerprint density at radius 3 is 2.86 bits per heavy atom. The lowest BCUT2D eigenvalue weighted by Gasteiger charge is -2.11. The topological polar surface area (TPSA) is 21.3 Å². The highest BCUT2D eigenvalue weighted by Gasteiger charge is 2.21. The van der Waals surface area contributed by atoms with Gasteiger partial charge in [-0.1, -0.05) is 19.1 Å². The molecule has 0 radical (unpaired) electrons. The molecule has 0 unspecified atom stereocenters. The van der Waals surface area contributed by atoms with Gasteiger partial charge in [-0.2, -0.15) is 0 Å². The maximum Gasteiger partial charge on any atom is 0.142 e. The van der Waals surface area contributed by atoms with Gasteiger partial charge in [-0.05, 0) is 31.4 Å². The van der Waals surface area contributed by atoms with E-state index in [0.29, 0.717) is 6.04 Å². The minimum absolute atomic E-state index is 0.682. The van der Waals surface area contributed by atoms with E-state index in [4.69, 9.17) is 4.74 Å². The van der Waals surface area contributed by atoms with Crippen LogP contribution >= 0.6 is 0 Å². The van der Waals surface area contributed by atoms with Crippen LogP contribution in [0.1, 0.15) is 26.2 Å². The van der Waals surface area contributed by atoms with Gasteiger partial charge in [0.1, 0.15) is 5.75 Å². The second-order valence-electron chi connectivity index (χ2n) is 3.76. The van der Waals surface area contributed by atoms with E-state index in [1.807, 2.05) is 18.2 Å². The fraction of sp³-hybridized carbons (Fsp3) is 0.500. The van der Waals surface area contributed by atoms with Gasteiger partial charge in [0, 0.05) is 6.04 Å². The predicted octanol–water partition coefficient (Wildman–Crippen LogP) is 3.05. The number of benzene rings is 1. The average molecular weight is 191 g/mol. The molecule has 0 spiro atoms. The largest absolute Gasteiger partial charge is 0.491 e. The third-order valence-electron chi connectivity index (χ3n) is 2.29. The van der Waals surface area contributed by atoms with Gasteiger partial charge in [0.2, 0.25) is 0 Å². The Morgan fingerprint density at radius 1 is 1.36 bits per heavy atom. The molecule has 0 saturated heterocycles. The van der Waals surface area contributed by atoms with Crippen LogP contribution in [-0.2, 0) is 0 Å². The van der Waals surface area contributed by atoms with Crippen molar-refractivity contribution in [2.75, 3.05) is 11.9 Å². The number of hydrogen-bond donors (Lipinski definition) is 1. The van der Waals surface area contributed by atoms with Crippen molar-refractivity contribution in [1.82, 2.24) is 0 Å². The molecule has 1 N–H and O–H groups in total. The smallest absolute Gasteiger partial charge is 0.142 e. The number of para-hydroxylation sites is 2. The second-order valence-corrected chi connectivity index (χ2v) is 3.76. The Bertz CT molecular complexity index is 294.